The van der Waals surface area contributed by atoms with Gasteiger partial charge in [0.25, 0.3) is 10.1 Å². The second kappa shape index (κ2) is 11.6. The van der Waals surface area contributed by atoms with Gasteiger partial charge in [0.15, 0.2) is 0 Å². The van der Waals surface area contributed by atoms with Crippen molar-refractivity contribution in [2.45, 2.75) is 56.3 Å². The van der Waals surface area contributed by atoms with E-state index in [9.17, 15) is 8.42 Å². The molecule has 0 aliphatic rings. The van der Waals surface area contributed by atoms with Crippen molar-refractivity contribution < 1.29 is 12.6 Å². The standard InChI is InChI=1S/C41H36O3S/c42-45(43,37-26-23-34-20-18-30-12-9-14-32-22-25-36(37)41(34)39(30)32)44-27-7-5-3-1-2-4-6-10-28-15-16-33-19-17-29-11-8-13-31-21-24-35(28)40(33)38(29)31/h8-9,11-26H,1-7,10,27H2. The summed E-state index contributed by atoms with van der Waals surface area (Å²) in [4.78, 5) is 0.262. The van der Waals surface area contributed by atoms with Crippen LogP contribution in [0.1, 0.15) is 50.5 Å². The Morgan fingerprint density at radius 2 is 0.867 bits per heavy atom. The van der Waals surface area contributed by atoms with Gasteiger partial charge in [-0.3, -0.25) is 4.18 Å². The van der Waals surface area contributed by atoms with Gasteiger partial charge in [0, 0.05) is 5.39 Å². The third kappa shape index (κ3) is 5.07. The van der Waals surface area contributed by atoms with Crippen molar-refractivity contribution in [1.29, 1.82) is 0 Å². The lowest BCUT2D eigenvalue weighted by molar-refractivity contribution is 0.306. The zero-order valence-corrected chi connectivity index (χ0v) is 26.2. The predicted octanol–water partition coefficient (Wildman–Crippen LogP) is 11.2. The maximum Gasteiger partial charge on any atom is 0.297 e. The summed E-state index contributed by atoms with van der Waals surface area (Å²) in [6.07, 6.45) is 8.68. The molecule has 8 aromatic carbocycles. The van der Waals surface area contributed by atoms with Gasteiger partial charge in [-0.2, -0.15) is 8.42 Å². The lowest BCUT2D eigenvalue weighted by Gasteiger charge is -2.14. The fourth-order valence-corrected chi connectivity index (χ4v) is 8.61. The van der Waals surface area contributed by atoms with Crippen molar-refractivity contribution in [1.82, 2.24) is 0 Å². The highest BCUT2D eigenvalue weighted by molar-refractivity contribution is 7.87. The second-order valence-corrected chi connectivity index (χ2v) is 14.1. The number of hydrogen-bond donors (Lipinski definition) is 0. The van der Waals surface area contributed by atoms with Gasteiger partial charge in [0.1, 0.15) is 4.90 Å². The molecule has 0 spiro atoms. The van der Waals surface area contributed by atoms with Gasteiger partial charge < -0.3 is 0 Å². The van der Waals surface area contributed by atoms with Crippen LogP contribution in [0.5, 0.6) is 0 Å². The molecular formula is C41H36O3S. The Morgan fingerprint density at radius 1 is 0.422 bits per heavy atom. The lowest BCUT2D eigenvalue weighted by atomic mass is 9.90. The van der Waals surface area contributed by atoms with Crippen molar-refractivity contribution >= 4 is 74.8 Å². The first-order chi connectivity index (χ1) is 22.1. The maximum absolute atomic E-state index is 13.3. The topological polar surface area (TPSA) is 43.4 Å². The van der Waals surface area contributed by atoms with E-state index in [1.54, 1.807) is 6.07 Å². The normalized spacial score (nSPS) is 12.6. The summed E-state index contributed by atoms with van der Waals surface area (Å²) in [7, 11) is -3.85. The van der Waals surface area contributed by atoms with E-state index in [0.717, 1.165) is 58.0 Å². The first-order valence-corrected chi connectivity index (χ1v) is 17.7. The third-order valence-electron chi connectivity index (χ3n) is 9.71. The molecule has 0 N–H and O–H groups in total. The van der Waals surface area contributed by atoms with Crippen LogP contribution < -0.4 is 0 Å². The Morgan fingerprint density at radius 3 is 1.49 bits per heavy atom. The average molecular weight is 609 g/mol. The first-order valence-electron chi connectivity index (χ1n) is 16.3. The van der Waals surface area contributed by atoms with Gasteiger partial charge in [-0.05, 0) is 90.1 Å². The van der Waals surface area contributed by atoms with Gasteiger partial charge in [-0.15, -0.1) is 0 Å². The number of rotatable bonds is 12. The summed E-state index contributed by atoms with van der Waals surface area (Å²) in [5.74, 6) is 0. The van der Waals surface area contributed by atoms with Gasteiger partial charge in [-0.25, -0.2) is 0 Å². The van der Waals surface area contributed by atoms with E-state index in [2.05, 4.69) is 78.9 Å². The molecule has 8 rings (SSSR count). The molecule has 0 aliphatic heterocycles. The summed E-state index contributed by atoms with van der Waals surface area (Å²) in [5.41, 5.74) is 1.45. The second-order valence-electron chi connectivity index (χ2n) is 12.5. The molecule has 0 bridgehead atoms. The van der Waals surface area contributed by atoms with Crippen LogP contribution in [0.2, 0.25) is 0 Å². The van der Waals surface area contributed by atoms with Crippen LogP contribution in [0.4, 0.5) is 0 Å². The molecule has 0 radical (unpaired) electrons. The minimum atomic E-state index is -3.85. The van der Waals surface area contributed by atoms with Crippen molar-refractivity contribution in [2.75, 3.05) is 6.61 Å². The van der Waals surface area contributed by atoms with Crippen molar-refractivity contribution in [3.63, 3.8) is 0 Å². The van der Waals surface area contributed by atoms with E-state index in [4.69, 9.17) is 4.18 Å². The Balaban J connectivity index is 0.820. The van der Waals surface area contributed by atoms with Crippen molar-refractivity contribution in [3.8, 4) is 0 Å². The first kappa shape index (κ1) is 28.2. The van der Waals surface area contributed by atoms with Crippen LogP contribution in [0, 0.1) is 0 Å². The van der Waals surface area contributed by atoms with Crippen LogP contribution in [-0.2, 0) is 20.7 Å². The summed E-state index contributed by atoms with van der Waals surface area (Å²) < 4.78 is 32.1. The number of benzene rings is 8. The summed E-state index contributed by atoms with van der Waals surface area (Å²) >= 11 is 0. The summed E-state index contributed by atoms with van der Waals surface area (Å²) in [6.45, 7) is 0.221. The van der Waals surface area contributed by atoms with Crippen LogP contribution in [0.15, 0.2) is 114 Å². The van der Waals surface area contributed by atoms with Crippen LogP contribution in [-0.4, -0.2) is 15.0 Å². The molecule has 3 nitrogen and oxygen atoms in total. The molecule has 0 unspecified atom stereocenters. The minimum Gasteiger partial charge on any atom is -0.266 e. The Bertz CT molecular complexity index is 2380. The molecule has 0 amide bonds. The zero-order valence-electron chi connectivity index (χ0n) is 25.4. The summed E-state index contributed by atoms with van der Waals surface area (Å²) in [5, 5.41) is 14.3. The number of hydrogen-bond acceptors (Lipinski definition) is 3. The van der Waals surface area contributed by atoms with E-state index in [0.29, 0.717) is 0 Å². The van der Waals surface area contributed by atoms with Crippen molar-refractivity contribution in [2.24, 2.45) is 0 Å². The van der Waals surface area contributed by atoms with Crippen LogP contribution >= 0.6 is 0 Å². The average Bonchev–Trinajstić information content (AvgIpc) is 3.07. The molecule has 0 heterocycles. The molecule has 224 valence electrons. The highest BCUT2D eigenvalue weighted by atomic mass is 32.2. The minimum absolute atomic E-state index is 0.221. The van der Waals surface area contributed by atoms with Gasteiger partial charge in [0.2, 0.25) is 0 Å². The molecule has 0 atom stereocenters. The molecule has 0 saturated carbocycles. The highest BCUT2D eigenvalue weighted by Gasteiger charge is 2.21. The Hall–Kier alpha value is -4.25. The van der Waals surface area contributed by atoms with E-state index in [1.165, 1.54) is 63.6 Å². The number of unbranched alkanes of at least 4 members (excludes halogenated alkanes) is 6. The van der Waals surface area contributed by atoms with Gasteiger partial charge in [-0.1, -0.05) is 135 Å². The molecule has 0 aliphatic carbocycles. The quantitative estimate of drug-likeness (QED) is 0.0787. The number of aryl methyl sites for hydroxylation is 1. The SMILES string of the molecule is O=S(=O)(OCCCCCCCCCc1ccc2ccc3cccc4ccc1c2c34)c1ccc2ccc3cccc4ccc1c2c34. The maximum atomic E-state index is 13.3. The van der Waals surface area contributed by atoms with Crippen LogP contribution in [0.25, 0.3) is 64.6 Å². The van der Waals surface area contributed by atoms with E-state index >= 15 is 0 Å². The van der Waals surface area contributed by atoms with Gasteiger partial charge >= 0.3 is 0 Å². The molecule has 0 saturated heterocycles. The molecule has 0 aromatic heterocycles. The fraction of sp³-hybridized carbons (Fsp3) is 0.220. The molecule has 4 heteroatoms. The van der Waals surface area contributed by atoms with Gasteiger partial charge in [0.05, 0.1) is 6.61 Å². The Kier molecular flexibility index (Phi) is 7.28. The third-order valence-corrected chi connectivity index (χ3v) is 11.1. The largest absolute Gasteiger partial charge is 0.297 e. The zero-order chi connectivity index (χ0) is 30.4. The van der Waals surface area contributed by atoms with E-state index in [1.807, 2.05) is 24.3 Å². The fourth-order valence-electron chi connectivity index (χ4n) is 7.47. The predicted molar refractivity (Wildman–Crippen MR) is 189 cm³/mol. The Labute approximate surface area is 264 Å². The molecule has 8 aromatic rings. The summed E-state index contributed by atoms with van der Waals surface area (Å²) in [6, 6.07) is 38.1. The smallest absolute Gasteiger partial charge is 0.266 e. The highest BCUT2D eigenvalue weighted by Crippen LogP contribution is 2.38. The molecule has 45 heavy (non-hydrogen) atoms. The van der Waals surface area contributed by atoms with E-state index in [-0.39, 0.29) is 11.5 Å². The lowest BCUT2D eigenvalue weighted by Crippen LogP contribution is -2.08. The van der Waals surface area contributed by atoms with Crippen molar-refractivity contribution in [3.05, 3.63) is 115 Å². The monoisotopic (exact) mass is 608 g/mol. The molecule has 0 fully saturated rings. The molecular weight excluding hydrogens is 573 g/mol. The van der Waals surface area contributed by atoms with E-state index < -0.39 is 10.1 Å². The van der Waals surface area contributed by atoms with Crippen LogP contribution in [0.3, 0.4) is 0 Å².